The molecule has 3 aromatic rings. The monoisotopic (exact) mass is 367 g/mol. The van der Waals surface area contributed by atoms with Crippen LogP contribution >= 0.6 is 0 Å². The van der Waals surface area contributed by atoms with Crippen molar-refractivity contribution in [2.45, 2.75) is 12.2 Å². The van der Waals surface area contributed by atoms with E-state index in [4.69, 9.17) is 14.2 Å². The summed E-state index contributed by atoms with van der Waals surface area (Å²) in [5, 5.41) is 10.6. The first kappa shape index (κ1) is 17.0. The molecule has 138 valence electrons. The first-order chi connectivity index (χ1) is 13.0. The van der Waals surface area contributed by atoms with E-state index >= 15 is 0 Å². The Kier molecular flexibility index (Phi) is 3.99. The van der Waals surface area contributed by atoms with Crippen LogP contribution in [-0.2, 0) is 16.6 Å². The lowest BCUT2D eigenvalue weighted by molar-refractivity contribution is -0.144. The van der Waals surface area contributed by atoms with Crippen LogP contribution in [0.15, 0.2) is 48.7 Å². The van der Waals surface area contributed by atoms with Gasteiger partial charge in [-0.1, -0.05) is 18.2 Å². The summed E-state index contributed by atoms with van der Waals surface area (Å²) >= 11 is 0. The lowest BCUT2D eigenvalue weighted by Crippen LogP contribution is -2.32. The smallest absolute Gasteiger partial charge is 0.337 e. The van der Waals surface area contributed by atoms with Crippen molar-refractivity contribution in [3.05, 3.63) is 59.8 Å². The maximum absolute atomic E-state index is 12.1. The Balaban J connectivity index is 1.77. The maximum atomic E-state index is 12.1. The number of esters is 1. The molecular formula is C20H17NO6. The fourth-order valence-corrected chi connectivity index (χ4v) is 3.36. The van der Waals surface area contributed by atoms with Gasteiger partial charge in [0.15, 0.2) is 17.4 Å². The molecule has 0 aliphatic carbocycles. The zero-order chi connectivity index (χ0) is 19.1. The minimum Gasteiger partial charge on any atom is -0.481 e. The van der Waals surface area contributed by atoms with Crippen molar-refractivity contribution in [3.63, 3.8) is 0 Å². The van der Waals surface area contributed by atoms with Crippen molar-refractivity contribution < 1.29 is 28.9 Å². The van der Waals surface area contributed by atoms with E-state index in [1.54, 1.807) is 60.3 Å². The Morgan fingerprint density at radius 2 is 1.81 bits per heavy atom. The number of fused-ring (bicyclic) bond motifs is 2. The standard InChI is InChI=1S/C20H17NO6/c1-21-10-13(12-8-7-11(9-14(12)21)19(24)25-2)17(18(22)23)20-26-15-5-3-4-6-16(15)27-20/h3-10,17,20H,1-2H3,(H,22,23). The van der Waals surface area contributed by atoms with Crippen LogP contribution in [-0.4, -0.2) is 35.0 Å². The zero-order valence-electron chi connectivity index (χ0n) is 14.7. The number of carbonyl (C=O) groups is 2. The van der Waals surface area contributed by atoms with Gasteiger partial charge in [0.05, 0.1) is 12.7 Å². The number of nitrogens with zero attached hydrogens (tertiary/aromatic N) is 1. The summed E-state index contributed by atoms with van der Waals surface area (Å²) in [5.74, 6) is -1.52. The first-order valence-electron chi connectivity index (χ1n) is 8.32. The third-order valence-electron chi connectivity index (χ3n) is 4.65. The summed E-state index contributed by atoms with van der Waals surface area (Å²) in [5.41, 5.74) is 1.66. The molecule has 0 spiro atoms. The molecule has 1 aliphatic rings. The summed E-state index contributed by atoms with van der Waals surface area (Å²) < 4.78 is 18.0. The largest absolute Gasteiger partial charge is 0.481 e. The molecule has 27 heavy (non-hydrogen) atoms. The van der Waals surface area contributed by atoms with E-state index < -0.39 is 24.1 Å². The predicted molar refractivity (Wildman–Crippen MR) is 96.1 cm³/mol. The number of aromatic nitrogens is 1. The number of aliphatic carboxylic acids is 1. The fraction of sp³-hybridized carbons (Fsp3) is 0.200. The molecule has 4 rings (SSSR count). The molecule has 1 unspecified atom stereocenters. The molecule has 0 fully saturated rings. The van der Waals surface area contributed by atoms with Crippen LogP contribution in [0.2, 0.25) is 0 Å². The van der Waals surface area contributed by atoms with Crippen LogP contribution in [0.25, 0.3) is 10.9 Å². The van der Waals surface area contributed by atoms with Gasteiger partial charge < -0.3 is 23.9 Å². The number of rotatable bonds is 4. The number of benzene rings is 2. The van der Waals surface area contributed by atoms with Gasteiger partial charge in [-0.2, -0.15) is 0 Å². The van der Waals surface area contributed by atoms with Gasteiger partial charge in [0.25, 0.3) is 6.29 Å². The number of carbonyl (C=O) groups excluding carboxylic acids is 1. The summed E-state index contributed by atoms with van der Waals surface area (Å²) in [4.78, 5) is 23.9. The molecule has 2 heterocycles. The van der Waals surface area contributed by atoms with E-state index in [1.165, 1.54) is 7.11 Å². The molecule has 0 saturated heterocycles. The molecule has 2 aromatic carbocycles. The maximum Gasteiger partial charge on any atom is 0.337 e. The Hall–Kier alpha value is -3.48. The number of ether oxygens (including phenoxy) is 3. The summed E-state index contributed by atoms with van der Waals surface area (Å²) in [6, 6.07) is 12.1. The van der Waals surface area contributed by atoms with Gasteiger partial charge in [-0.05, 0) is 29.8 Å². The van der Waals surface area contributed by atoms with E-state index in [1.807, 2.05) is 0 Å². The molecule has 0 radical (unpaired) electrons. The highest BCUT2D eigenvalue weighted by Crippen LogP contribution is 2.40. The van der Waals surface area contributed by atoms with E-state index in [9.17, 15) is 14.7 Å². The predicted octanol–water partition coefficient (Wildman–Crippen LogP) is 2.93. The zero-order valence-corrected chi connectivity index (χ0v) is 14.7. The third kappa shape index (κ3) is 2.77. The van der Waals surface area contributed by atoms with Crippen LogP contribution in [0.4, 0.5) is 0 Å². The molecule has 1 N–H and O–H groups in total. The van der Waals surface area contributed by atoms with Crippen LogP contribution in [0, 0.1) is 0 Å². The molecule has 1 aromatic heterocycles. The topological polar surface area (TPSA) is 87.0 Å². The van der Waals surface area contributed by atoms with Crippen molar-refractivity contribution in [1.29, 1.82) is 0 Å². The second-order valence-corrected chi connectivity index (χ2v) is 6.29. The van der Waals surface area contributed by atoms with Crippen LogP contribution in [0.5, 0.6) is 11.5 Å². The minimum atomic E-state index is -1.06. The second-order valence-electron chi connectivity index (χ2n) is 6.29. The van der Waals surface area contributed by atoms with Gasteiger partial charge in [0.1, 0.15) is 0 Å². The van der Waals surface area contributed by atoms with E-state index in [2.05, 4.69) is 0 Å². The van der Waals surface area contributed by atoms with Gasteiger partial charge in [0, 0.05) is 24.1 Å². The average molecular weight is 367 g/mol. The number of para-hydroxylation sites is 2. The van der Waals surface area contributed by atoms with Gasteiger partial charge in [-0.3, -0.25) is 4.79 Å². The summed E-state index contributed by atoms with van der Waals surface area (Å²) in [7, 11) is 3.10. The lowest BCUT2D eigenvalue weighted by Gasteiger charge is -2.18. The quantitative estimate of drug-likeness (QED) is 0.714. The Morgan fingerprint density at radius 3 is 2.41 bits per heavy atom. The van der Waals surface area contributed by atoms with Crippen molar-refractivity contribution >= 4 is 22.8 Å². The Labute approximate surface area is 154 Å². The van der Waals surface area contributed by atoms with Gasteiger partial charge in [-0.25, -0.2) is 4.79 Å². The molecule has 0 bridgehead atoms. The van der Waals surface area contributed by atoms with Crippen molar-refractivity contribution in [2.75, 3.05) is 7.11 Å². The van der Waals surface area contributed by atoms with Gasteiger partial charge in [0.2, 0.25) is 0 Å². The van der Waals surface area contributed by atoms with Gasteiger partial charge >= 0.3 is 11.9 Å². The van der Waals surface area contributed by atoms with Crippen molar-refractivity contribution in [2.24, 2.45) is 7.05 Å². The molecule has 0 amide bonds. The van der Waals surface area contributed by atoms with Crippen LogP contribution in [0.3, 0.4) is 0 Å². The molecular weight excluding hydrogens is 350 g/mol. The molecule has 7 heteroatoms. The Bertz CT molecular complexity index is 1030. The fourth-order valence-electron chi connectivity index (χ4n) is 3.36. The lowest BCUT2D eigenvalue weighted by atomic mass is 9.97. The average Bonchev–Trinajstić information content (AvgIpc) is 3.22. The number of aryl methyl sites for hydroxylation is 1. The van der Waals surface area contributed by atoms with E-state index in [0.29, 0.717) is 28.0 Å². The highest BCUT2D eigenvalue weighted by molar-refractivity contribution is 5.97. The normalized spacial score (nSPS) is 14.3. The number of hydrogen-bond acceptors (Lipinski definition) is 5. The molecule has 1 aliphatic heterocycles. The van der Waals surface area contributed by atoms with Crippen molar-refractivity contribution in [3.8, 4) is 11.5 Å². The highest BCUT2D eigenvalue weighted by Gasteiger charge is 2.39. The second kappa shape index (κ2) is 6.35. The highest BCUT2D eigenvalue weighted by atomic mass is 16.7. The summed E-state index contributed by atoms with van der Waals surface area (Å²) in [6.07, 6.45) is 0.742. The van der Waals surface area contributed by atoms with E-state index in [0.717, 1.165) is 5.52 Å². The molecule has 0 saturated carbocycles. The van der Waals surface area contributed by atoms with Gasteiger partial charge in [-0.15, -0.1) is 0 Å². The minimum absolute atomic E-state index is 0.394. The number of methoxy groups -OCH3 is 1. The molecule has 1 atom stereocenters. The summed E-state index contributed by atoms with van der Waals surface area (Å²) in [6.45, 7) is 0. The Morgan fingerprint density at radius 1 is 1.15 bits per heavy atom. The first-order valence-corrected chi connectivity index (χ1v) is 8.32. The SMILES string of the molecule is COC(=O)c1ccc2c(C(C(=O)O)C3Oc4ccccc4O3)cn(C)c2c1. The third-order valence-corrected chi connectivity index (χ3v) is 4.65. The van der Waals surface area contributed by atoms with E-state index in [-0.39, 0.29) is 0 Å². The van der Waals surface area contributed by atoms with Crippen LogP contribution < -0.4 is 9.47 Å². The number of hydrogen-bond donors (Lipinski definition) is 1. The van der Waals surface area contributed by atoms with Crippen molar-refractivity contribution in [1.82, 2.24) is 4.57 Å². The number of carboxylic acids is 1. The number of carboxylic acid groups (broad SMARTS) is 1. The van der Waals surface area contributed by atoms with Crippen LogP contribution in [0.1, 0.15) is 21.8 Å². The molecule has 7 nitrogen and oxygen atoms in total.